The van der Waals surface area contributed by atoms with Crippen LogP contribution >= 0.6 is 11.6 Å². The Kier molecular flexibility index (Phi) is 4.19. The van der Waals surface area contributed by atoms with Crippen LogP contribution in [0.2, 0.25) is 5.02 Å². The lowest BCUT2D eigenvalue weighted by atomic mass is 10.1. The zero-order chi connectivity index (χ0) is 17.4. The van der Waals surface area contributed by atoms with Gasteiger partial charge in [-0.2, -0.15) is 0 Å². The number of aromatic nitrogens is 3. The predicted octanol–water partition coefficient (Wildman–Crippen LogP) is 3.14. The standard InChI is InChI=1S/C17H16ClFN4O2/c1-10-16-13(3-2-12(19)17(16)18)24-7-6-20-8-11-9-21-14-4-5-15(25-10)22-23(11)14/h2-5,9-10,20H,6-8H2,1H3. The minimum Gasteiger partial charge on any atom is -0.492 e. The fourth-order valence-electron chi connectivity index (χ4n) is 2.83. The summed E-state index contributed by atoms with van der Waals surface area (Å²) >= 11 is 6.17. The third-order valence-electron chi connectivity index (χ3n) is 4.05. The molecule has 2 aromatic heterocycles. The van der Waals surface area contributed by atoms with Crippen LogP contribution in [0.3, 0.4) is 0 Å². The van der Waals surface area contributed by atoms with Crippen molar-refractivity contribution in [1.29, 1.82) is 0 Å². The predicted molar refractivity (Wildman–Crippen MR) is 90.6 cm³/mol. The largest absolute Gasteiger partial charge is 0.492 e. The van der Waals surface area contributed by atoms with Crippen LogP contribution in [0.15, 0.2) is 30.5 Å². The van der Waals surface area contributed by atoms with Crippen LogP contribution in [-0.4, -0.2) is 27.7 Å². The fourth-order valence-corrected chi connectivity index (χ4v) is 3.14. The van der Waals surface area contributed by atoms with Gasteiger partial charge in [-0.05, 0) is 25.1 Å². The van der Waals surface area contributed by atoms with Crippen LogP contribution in [0.4, 0.5) is 4.39 Å². The molecule has 0 aliphatic carbocycles. The first-order chi connectivity index (χ1) is 12.1. The number of imidazole rings is 1. The molecule has 0 radical (unpaired) electrons. The summed E-state index contributed by atoms with van der Waals surface area (Å²) < 4.78 is 27.4. The molecule has 3 aromatic rings. The van der Waals surface area contributed by atoms with Gasteiger partial charge in [0.05, 0.1) is 22.5 Å². The molecule has 1 N–H and O–H groups in total. The van der Waals surface area contributed by atoms with E-state index in [0.717, 1.165) is 11.3 Å². The van der Waals surface area contributed by atoms with Crippen LogP contribution in [-0.2, 0) is 6.54 Å². The molecule has 25 heavy (non-hydrogen) atoms. The van der Waals surface area contributed by atoms with Crippen molar-refractivity contribution in [2.24, 2.45) is 0 Å². The number of rotatable bonds is 0. The highest BCUT2D eigenvalue weighted by molar-refractivity contribution is 6.31. The van der Waals surface area contributed by atoms with Gasteiger partial charge in [0.1, 0.15) is 24.3 Å². The molecule has 0 spiro atoms. The van der Waals surface area contributed by atoms with Crippen LogP contribution < -0.4 is 14.8 Å². The maximum atomic E-state index is 13.9. The number of hydrogen-bond donors (Lipinski definition) is 1. The van der Waals surface area contributed by atoms with Crippen molar-refractivity contribution in [2.45, 2.75) is 19.6 Å². The molecule has 0 amide bonds. The van der Waals surface area contributed by atoms with E-state index >= 15 is 0 Å². The normalized spacial score (nSPS) is 17.8. The second-order valence-corrected chi connectivity index (χ2v) is 6.13. The maximum absolute atomic E-state index is 13.9. The highest BCUT2D eigenvalue weighted by Gasteiger charge is 2.21. The van der Waals surface area contributed by atoms with E-state index in [1.165, 1.54) is 6.07 Å². The van der Waals surface area contributed by atoms with Gasteiger partial charge in [0.15, 0.2) is 5.65 Å². The zero-order valence-electron chi connectivity index (χ0n) is 13.5. The van der Waals surface area contributed by atoms with E-state index in [4.69, 9.17) is 21.1 Å². The van der Waals surface area contributed by atoms with E-state index in [-0.39, 0.29) is 5.02 Å². The summed E-state index contributed by atoms with van der Waals surface area (Å²) in [4.78, 5) is 4.32. The molecule has 3 heterocycles. The molecule has 0 saturated carbocycles. The van der Waals surface area contributed by atoms with E-state index in [1.54, 1.807) is 29.8 Å². The van der Waals surface area contributed by atoms with Gasteiger partial charge >= 0.3 is 0 Å². The molecule has 1 unspecified atom stereocenters. The molecule has 0 saturated heterocycles. The summed E-state index contributed by atoms with van der Waals surface area (Å²) in [5.41, 5.74) is 2.11. The summed E-state index contributed by atoms with van der Waals surface area (Å²) in [5, 5.41) is 7.74. The van der Waals surface area contributed by atoms with Crippen molar-refractivity contribution in [2.75, 3.05) is 13.2 Å². The van der Waals surface area contributed by atoms with Crippen molar-refractivity contribution in [1.82, 2.24) is 19.9 Å². The Morgan fingerprint density at radius 2 is 2.20 bits per heavy atom. The van der Waals surface area contributed by atoms with E-state index in [0.29, 0.717) is 36.9 Å². The zero-order valence-corrected chi connectivity index (χ0v) is 14.3. The van der Waals surface area contributed by atoms with Crippen LogP contribution in [0.5, 0.6) is 11.6 Å². The number of fused-ring (bicyclic) bond motifs is 2. The second kappa shape index (κ2) is 6.50. The number of halogens is 2. The maximum Gasteiger partial charge on any atom is 0.232 e. The van der Waals surface area contributed by atoms with E-state index in [9.17, 15) is 4.39 Å². The number of hydrogen-bond acceptors (Lipinski definition) is 5. The van der Waals surface area contributed by atoms with Gasteiger partial charge < -0.3 is 14.8 Å². The molecular formula is C17H16ClFN4O2. The summed E-state index contributed by atoms with van der Waals surface area (Å²) in [7, 11) is 0. The molecule has 4 rings (SSSR count). The topological polar surface area (TPSA) is 60.7 Å². The number of nitrogens with zero attached hydrogens (tertiary/aromatic N) is 3. The Hall–Kier alpha value is -2.38. The number of ether oxygens (including phenoxy) is 2. The molecule has 1 aliphatic heterocycles. The molecule has 6 nitrogen and oxygen atoms in total. The lowest BCUT2D eigenvalue weighted by Crippen LogP contribution is -2.21. The lowest BCUT2D eigenvalue weighted by molar-refractivity contribution is 0.205. The minimum atomic E-state index is -0.538. The Balaban J connectivity index is 1.79. The summed E-state index contributed by atoms with van der Waals surface area (Å²) in [6, 6.07) is 6.41. The minimum absolute atomic E-state index is 0.00257. The number of benzene rings is 1. The van der Waals surface area contributed by atoms with E-state index in [1.807, 2.05) is 6.07 Å². The van der Waals surface area contributed by atoms with Gasteiger partial charge in [-0.3, -0.25) is 0 Å². The van der Waals surface area contributed by atoms with Gasteiger partial charge in [0, 0.05) is 19.2 Å². The smallest absolute Gasteiger partial charge is 0.232 e. The van der Waals surface area contributed by atoms with Gasteiger partial charge in [-0.25, -0.2) is 13.9 Å². The first-order valence-corrected chi connectivity index (χ1v) is 8.33. The molecule has 1 aromatic carbocycles. The van der Waals surface area contributed by atoms with Crippen molar-refractivity contribution in [3.63, 3.8) is 0 Å². The highest BCUT2D eigenvalue weighted by Crippen LogP contribution is 2.36. The van der Waals surface area contributed by atoms with E-state index < -0.39 is 11.9 Å². The SMILES string of the molecule is CC1Oc2ccc3ncc(n3n2)CNCCOc2ccc(F)c(Cl)c21. The molecule has 130 valence electrons. The van der Waals surface area contributed by atoms with Crippen molar-refractivity contribution < 1.29 is 13.9 Å². The van der Waals surface area contributed by atoms with Gasteiger partial charge in [-0.15, -0.1) is 5.10 Å². The Morgan fingerprint density at radius 1 is 1.32 bits per heavy atom. The molecule has 0 fully saturated rings. The molecule has 8 heteroatoms. The third-order valence-corrected chi connectivity index (χ3v) is 4.43. The van der Waals surface area contributed by atoms with Crippen LogP contribution in [0, 0.1) is 5.82 Å². The van der Waals surface area contributed by atoms with Crippen molar-refractivity contribution in [3.8, 4) is 11.6 Å². The molecular weight excluding hydrogens is 347 g/mol. The van der Waals surface area contributed by atoms with Crippen LogP contribution in [0.1, 0.15) is 24.3 Å². The third kappa shape index (κ3) is 3.01. The molecule has 1 aliphatic rings. The summed E-state index contributed by atoms with van der Waals surface area (Å²) in [5.74, 6) is 0.384. The fraction of sp³-hybridized carbons (Fsp3) is 0.294. The molecule has 1 atom stereocenters. The lowest BCUT2D eigenvalue weighted by Gasteiger charge is -2.19. The van der Waals surface area contributed by atoms with Crippen molar-refractivity contribution >= 4 is 17.2 Å². The van der Waals surface area contributed by atoms with Gasteiger partial charge in [-0.1, -0.05) is 11.6 Å². The average molecular weight is 363 g/mol. The Morgan fingerprint density at radius 3 is 3.08 bits per heavy atom. The Labute approximate surface area is 148 Å². The monoisotopic (exact) mass is 362 g/mol. The summed E-state index contributed by atoms with van der Waals surface area (Å²) in [6.07, 6.45) is 1.23. The number of nitrogens with one attached hydrogen (secondary N) is 1. The Bertz CT molecular complexity index is 930. The average Bonchev–Trinajstić information content (AvgIpc) is 2.99. The van der Waals surface area contributed by atoms with E-state index in [2.05, 4.69) is 15.4 Å². The first-order valence-electron chi connectivity index (χ1n) is 7.95. The molecule has 2 bridgehead atoms. The first kappa shape index (κ1) is 16.1. The highest BCUT2D eigenvalue weighted by atomic mass is 35.5. The second-order valence-electron chi connectivity index (χ2n) is 5.75. The van der Waals surface area contributed by atoms with Crippen molar-refractivity contribution in [3.05, 3.63) is 52.6 Å². The van der Waals surface area contributed by atoms with Crippen LogP contribution in [0.25, 0.3) is 5.65 Å². The summed E-state index contributed by atoms with van der Waals surface area (Å²) in [6.45, 7) is 3.39. The van der Waals surface area contributed by atoms with Gasteiger partial charge in [0.2, 0.25) is 5.88 Å². The van der Waals surface area contributed by atoms with Gasteiger partial charge in [0.25, 0.3) is 0 Å². The quantitative estimate of drug-likeness (QED) is 0.665.